The SMILES string of the molecule is CCN(CC)CCCC(C)Nc1c2ccc(Cl)cc2nc2ccc(F)cc12. The van der Waals surface area contributed by atoms with Crippen LogP contribution < -0.4 is 5.32 Å². The minimum atomic E-state index is -0.255. The van der Waals surface area contributed by atoms with Crippen molar-refractivity contribution in [2.75, 3.05) is 25.0 Å². The van der Waals surface area contributed by atoms with E-state index in [0.29, 0.717) is 5.02 Å². The molecule has 3 aromatic rings. The topological polar surface area (TPSA) is 28.2 Å². The van der Waals surface area contributed by atoms with Gasteiger partial charge in [-0.3, -0.25) is 0 Å². The van der Waals surface area contributed by atoms with Crippen LogP contribution in [0.15, 0.2) is 36.4 Å². The van der Waals surface area contributed by atoms with Crippen LogP contribution in [0.1, 0.15) is 33.6 Å². The Kier molecular flexibility index (Phi) is 6.51. The number of nitrogens with one attached hydrogen (secondary N) is 1. The van der Waals surface area contributed by atoms with Crippen molar-refractivity contribution >= 4 is 39.1 Å². The number of halogens is 2. The zero-order valence-corrected chi connectivity index (χ0v) is 17.0. The Balaban J connectivity index is 1.89. The van der Waals surface area contributed by atoms with Crippen molar-refractivity contribution < 1.29 is 4.39 Å². The second kappa shape index (κ2) is 8.85. The summed E-state index contributed by atoms with van der Waals surface area (Å²) >= 11 is 6.15. The molecule has 1 unspecified atom stereocenters. The van der Waals surface area contributed by atoms with Crippen LogP contribution in [-0.4, -0.2) is 35.6 Å². The van der Waals surface area contributed by atoms with Gasteiger partial charge >= 0.3 is 0 Å². The van der Waals surface area contributed by atoms with Gasteiger partial charge in [0.15, 0.2) is 0 Å². The number of rotatable bonds is 8. The van der Waals surface area contributed by atoms with Crippen LogP contribution >= 0.6 is 11.6 Å². The lowest BCUT2D eigenvalue weighted by Crippen LogP contribution is -2.25. The molecule has 3 nitrogen and oxygen atoms in total. The minimum absolute atomic E-state index is 0.255. The highest BCUT2D eigenvalue weighted by Crippen LogP contribution is 2.33. The molecule has 0 amide bonds. The number of hydrogen-bond acceptors (Lipinski definition) is 3. The molecule has 0 spiro atoms. The van der Waals surface area contributed by atoms with Crippen molar-refractivity contribution in [1.29, 1.82) is 0 Å². The number of hydrogen-bond donors (Lipinski definition) is 1. The summed E-state index contributed by atoms with van der Waals surface area (Å²) in [4.78, 5) is 7.09. The summed E-state index contributed by atoms with van der Waals surface area (Å²) in [6.45, 7) is 9.83. The summed E-state index contributed by atoms with van der Waals surface area (Å²) in [5.74, 6) is -0.255. The van der Waals surface area contributed by atoms with Crippen LogP contribution in [0.5, 0.6) is 0 Å². The van der Waals surface area contributed by atoms with Crippen LogP contribution in [0.25, 0.3) is 21.8 Å². The number of fused-ring (bicyclic) bond motifs is 2. The first-order valence-corrected chi connectivity index (χ1v) is 10.1. The molecule has 2 aromatic carbocycles. The van der Waals surface area contributed by atoms with E-state index < -0.39 is 0 Å². The summed E-state index contributed by atoms with van der Waals surface area (Å²) in [5.41, 5.74) is 2.52. The van der Waals surface area contributed by atoms with Gasteiger partial charge in [0.05, 0.1) is 16.7 Å². The van der Waals surface area contributed by atoms with Gasteiger partial charge < -0.3 is 10.2 Å². The summed E-state index contributed by atoms with van der Waals surface area (Å²) in [6.07, 6.45) is 2.17. The van der Waals surface area contributed by atoms with E-state index in [0.717, 1.165) is 60.0 Å². The summed E-state index contributed by atoms with van der Waals surface area (Å²) < 4.78 is 13.9. The Morgan fingerprint density at radius 3 is 2.59 bits per heavy atom. The fourth-order valence-electron chi connectivity index (χ4n) is 3.52. The van der Waals surface area contributed by atoms with Gasteiger partial charge in [0.2, 0.25) is 0 Å². The molecule has 0 saturated carbocycles. The Morgan fingerprint density at radius 2 is 1.85 bits per heavy atom. The van der Waals surface area contributed by atoms with Crippen molar-refractivity contribution in [2.24, 2.45) is 0 Å². The average molecular weight is 388 g/mol. The largest absolute Gasteiger partial charge is 0.381 e. The molecule has 0 fully saturated rings. The molecule has 1 aromatic heterocycles. The predicted molar refractivity (Wildman–Crippen MR) is 114 cm³/mol. The summed E-state index contributed by atoms with van der Waals surface area (Å²) in [7, 11) is 0. The van der Waals surface area contributed by atoms with Gasteiger partial charge in [-0.15, -0.1) is 0 Å². The highest BCUT2D eigenvalue weighted by atomic mass is 35.5. The standard InChI is InChI=1S/C22H27ClFN3/c1-4-27(5-2)12-6-7-15(3)25-22-18-10-8-16(23)13-21(18)26-20-11-9-17(24)14-19(20)22/h8-11,13-15H,4-7,12H2,1-3H3,(H,25,26). The molecular weight excluding hydrogens is 361 g/mol. The third kappa shape index (κ3) is 4.69. The lowest BCUT2D eigenvalue weighted by molar-refractivity contribution is 0.295. The average Bonchev–Trinajstić information content (AvgIpc) is 2.65. The first-order chi connectivity index (χ1) is 13.0. The molecule has 144 valence electrons. The first-order valence-electron chi connectivity index (χ1n) is 9.69. The van der Waals surface area contributed by atoms with E-state index in [1.807, 2.05) is 18.2 Å². The summed E-state index contributed by atoms with van der Waals surface area (Å²) in [6, 6.07) is 10.7. The van der Waals surface area contributed by atoms with Crippen molar-refractivity contribution in [2.45, 2.75) is 39.7 Å². The van der Waals surface area contributed by atoms with Gasteiger partial charge in [-0.25, -0.2) is 9.37 Å². The molecule has 27 heavy (non-hydrogen) atoms. The van der Waals surface area contributed by atoms with E-state index in [1.165, 1.54) is 6.07 Å². The number of benzene rings is 2. The summed E-state index contributed by atoms with van der Waals surface area (Å²) in [5, 5.41) is 6.04. The molecule has 1 N–H and O–H groups in total. The maximum absolute atomic E-state index is 13.9. The van der Waals surface area contributed by atoms with Crippen molar-refractivity contribution in [3.05, 3.63) is 47.2 Å². The van der Waals surface area contributed by atoms with Crippen LogP contribution in [-0.2, 0) is 0 Å². The number of aromatic nitrogens is 1. The maximum Gasteiger partial charge on any atom is 0.124 e. The molecule has 0 aliphatic rings. The van der Waals surface area contributed by atoms with Crippen LogP contribution in [0.4, 0.5) is 10.1 Å². The lowest BCUT2D eigenvalue weighted by atomic mass is 10.1. The van der Waals surface area contributed by atoms with E-state index in [2.05, 4.69) is 36.0 Å². The smallest absolute Gasteiger partial charge is 0.124 e. The normalized spacial score (nSPS) is 12.8. The molecule has 1 atom stereocenters. The number of nitrogens with zero attached hydrogens (tertiary/aromatic N) is 2. The Morgan fingerprint density at radius 1 is 1.07 bits per heavy atom. The van der Waals surface area contributed by atoms with Gasteiger partial charge in [0, 0.05) is 21.8 Å². The second-order valence-corrected chi connectivity index (χ2v) is 7.46. The van der Waals surface area contributed by atoms with Crippen LogP contribution in [0.3, 0.4) is 0 Å². The number of pyridine rings is 1. The van der Waals surface area contributed by atoms with E-state index in [-0.39, 0.29) is 11.9 Å². The van der Waals surface area contributed by atoms with Gasteiger partial charge in [0.1, 0.15) is 5.82 Å². The zero-order chi connectivity index (χ0) is 19.4. The van der Waals surface area contributed by atoms with E-state index >= 15 is 0 Å². The Bertz CT molecular complexity index is 924. The van der Waals surface area contributed by atoms with E-state index in [1.54, 1.807) is 12.1 Å². The van der Waals surface area contributed by atoms with Gasteiger partial charge in [0.25, 0.3) is 0 Å². The molecule has 0 radical (unpaired) electrons. The Labute approximate surface area is 165 Å². The monoisotopic (exact) mass is 387 g/mol. The fourth-order valence-corrected chi connectivity index (χ4v) is 3.69. The Hall–Kier alpha value is -1.91. The molecule has 3 rings (SSSR count). The second-order valence-electron chi connectivity index (χ2n) is 7.02. The van der Waals surface area contributed by atoms with E-state index in [9.17, 15) is 4.39 Å². The van der Waals surface area contributed by atoms with E-state index in [4.69, 9.17) is 11.6 Å². The molecule has 0 aliphatic heterocycles. The van der Waals surface area contributed by atoms with Gasteiger partial charge in [-0.2, -0.15) is 0 Å². The highest BCUT2D eigenvalue weighted by molar-refractivity contribution is 6.31. The fraction of sp³-hybridized carbons (Fsp3) is 0.409. The molecule has 0 aliphatic carbocycles. The van der Waals surface area contributed by atoms with Gasteiger partial charge in [-0.1, -0.05) is 25.4 Å². The van der Waals surface area contributed by atoms with Crippen molar-refractivity contribution in [1.82, 2.24) is 9.88 Å². The molecule has 0 saturated heterocycles. The maximum atomic E-state index is 13.9. The zero-order valence-electron chi connectivity index (χ0n) is 16.2. The van der Waals surface area contributed by atoms with Crippen molar-refractivity contribution in [3.8, 4) is 0 Å². The number of anilines is 1. The molecule has 0 bridgehead atoms. The van der Waals surface area contributed by atoms with Crippen molar-refractivity contribution in [3.63, 3.8) is 0 Å². The minimum Gasteiger partial charge on any atom is -0.381 e. The third-order valence-corrected chi connectivity index (χ3v) is 5.33. The quantitative estimate of drug-likeness (QED) is 0.473. The molecule has 1 heterocycles. The van der Waals surface area contributed by atoms with Gasteiger partial charge in [-0.05, 0) is 75.8 Å². The predicted octanol–water partition coefficient (Wildman–Crippen LogP) is 6.10. The lowest BCUT2D eigenvalue weighted by Gasteiger charge is -2.21. The first kappa shape index (κ1) is 19.8. The van der Waals surface area contributed by atoms with Crippen LogP contribution in [0.2, 0.25) is 5.02 Å². The third-order valence-electron chi connectivity index (χ3n) is 5.09. The highest BCUT2D eigenvalue weighted by Gasteiger charge is 2.13. The van der Waals surface area contributed by atoms with Crippen LogP contribution in [0, 0.1) is 5.82 Å². The molecule has 5 heteroatoms. The molecular formula is C22H27ClFN3.